The van der Waals surface area contributed by atoms with Crippen molar-refractivity contribution < 1.29 is 9.90 Å². The largest absolute Gasteiger partial charge is 0.481 e. The minimum atomic E-state index is -0.891. The van der Waals surface area contributed by atoms with Crippen LogP contribution in [0.2, 0.25) is 5.02 Å². The van der Waals surface area contributed by atoms with Crippen LogP contribution in [0.1, 0.15) is 30.3 Å². The third kappa shape index (κ3) is 3.61. The molecule has 8 heteroatoms. The third-order valence-corrected chi connectivity index (χ3v) is 5.25. The number of rotatable bonds is 6. The lowest BCUT2D eigenvalue weighted by Crippen LogP contribution is -2.02. The van der Waals surface area contributed by atoms with Crippen molar-refractivity contribution in [2.24, 2.45) is 0 Å². The average molecular weight is 408 g/mol. The number of imidazole rings is 2. The van der Waals surface area contributed by atoms with Crippen LogP contribution in [0.3, 0.4) is 0 Å². The number of carbonyl (C=O) groups is 1. The van der Waals surface area contributed by atoms with Crippen LogP contribution in [-0.2, 0) is 17.8 Å². The van der Waals surface area contributed by atoms with Gasteiger partial charge >= 0.3 is 5.97 Å². The molecule has 4 aromatic rings. The molecule has 3 aromatic heterocycles. The van der Waals surface area contributed by atoms with E-state index in [4.69, 9.17) is 21.7 Å². The molecule has 0 spiro atoms. The summed E-state index contributed by atoms with van der Waals surface area (Å²) in [6, 6.07) is 10.3. The summed E-state index contributed by atoms with van der Waals surface area (Å²) in [5, 5.41) is 9.57. The van der Waals surface area contributed by atoms with Gasteiger partial charge in [-0.3, -0.25) is 9.78 Å². The maximum Gasteiger partial charge on any atom is 0.309 e. The molecular weight excluding hydrogens is 390 g/mol. The van der Waals surface area contributed by atoms with E-state index in [1.807, 2.05) is 41.1 Å². The molecule has 0 aliphatic heterocycles. The minimum Gasteiger partial charge on any atom is -0.481 e. The molecule has 1 aliphatic carbocycles. The fraction of sp³-hybridized carbons (Fsp3) is 0.238. The quantitative estimate of drug-likeness (QED) is 0.523. The highest BCUT2D eigenvalue weighted by Crippen LogP contribution is 2.41. The van der Waals surface area contributed by atoms with Gasteiger partial charge < -0.3 is 14.2 Å². The highest BCUT2D eigenvalue weighted by atomic mass is 35.5. The number of aromatic nitrogens is 5. The van der Waals surface area contributed by atoms with Crippen LogP contribution in [0.25, 0.3) is 22.4 Å². The summed E-state index contributed by atoms with van der Waals surface area (Å²) in [4.78, 5) is 24.3. The monoisotopic (exact) mass is 407 g/mol. The van der Waals surface area contributed by atoms with Crippen molar-refractivity contribution >= 4 is 28.6 Å². The number of fused-ring (bicyclic) bond motifs is 1. The summed E-state index contributed by atoms with van der Waals surface area (Å²) >= 11 is 6.20. The van der Waals surface area contributed by atoms with Gasteiger partial charge in [-0.05, 0) is 43.2 Å². The summed E-state index contributed by atoms with van der Waals surface area (Å²) < 4.78 is 4.10. The Bertz CT molecular complexity index is 1210. The molecule has 5 rings (SSSR count). The second-order valence-corrected chi connectivity index (χ2v) is 7.75. The van der Waals surface area contributed by atoms with Crippen molar-refractivity contribution in [2.75, 3.05) is 0 Å². The molecule has 0 saturated heterocycles. The Balaban J connectivity index is 1.42. The van der Waals surface area contributed by atoms with Gasteiger partial charge in [0.05, 0.1) is 41.7 Å². The van der Waals surface area contributed by atoms with Crippen LogP contribution in [0.15, 0.2) is 49.1 Å². The lowest BCUT2D eigenvalue weighted by atomic mass is 10.2. The lowest BCUT2D eigenvalue weighted by Gasteiger charge is -2.08. The Hall–Kier alpha value is -3.19. The number of carboxylic acids is 1. The first-order chi connectivity index (χ1) is 14.1. The van der Waals surface area contributed by atoms with Crippen LogP contribution >= 0.6 is 11.6 Å². The van der Waals surface area contributed by atoms with E-state index in [2.05, 4.69) is 14.5 Å². The van der Waals surface area contributed by atoms with Gasteiger partial charge in [0.15, 0.2) is 0 Å². The standard InChI is InChI=1S/C21H18ClN5O2/c22-14-2-6-18-19(7-14)27(17-4-5-17)21(25-18)13-1-3-15(23-9-13)10-26-11-16(24-12-26)8-20(28)29/h1-3,6-7,9,11-12,17H,4-5,8,10H2,(H,28,29). The number of nitrogens with zero attached hydrogens (tertiary/aromatic N) is 5. The van der Waals surface area contributed by atoms with Crippen LogP contribution in [0.5, 0.6) is 0 Å². The number of carboxylic acid groups (broad SMARTS) is 1. The van der Waals surface area contributed by atoms with Gasteiger partial charge in [-0.15, -0.1) is 0 Å². The van der Waals surface area contributed by atoms with Crippen molar-refractivity contribution in [1.29, 1.82) is 0 Å². The molecule has 1 saturated carbocycles. The summed E-state index contributed by atoms with van der Waals surface area (Å²) in [5.41, 5.74) is 4.36. The maximum atomic E-state index is 10.8. The van der Waals surface area contributed by atoms with Gasteiger partial charge in [-0.1, -0.05) is 11.6 Å². The molecule has 1 aromatic carbocycles. The van der Waals surface area contributed by atoms with Crippen LogP contribution < -0.4 is 0 Å². The molecule has 29 heavy (non-hydrogen) atoms. The fourth-order valence-corrected chi connectivity index (χ4v) is 3.71. The number of pyridine rings is 1. The Morgan fingerprint density at radius 3 is 2.76 bits per heavy atom. The molecule has 7 nitrogen and oxygen atoms in total. The highest BCUT2D eigenvalue weighted by molar-refractivity contribution is 6.31. The summed E-state index contributed by atoms with van der Waals surface area (Å²) in [5.74, 6) is 0.0211. The SMILES string of the molecule is O=C(O)Cc1cn(Cc2ccc(-c3nc4ccc(Cl)cc4n3C3CC3)cn2)cn1. The highest BCUT2D eigenvalue weighted by Gasteiger charge is 2.28. The smallest absolute Gasteiger partial charge is 0.309 e. The Morgan fingerprint density at radius 1 is 1.17 bits per heavy atom. The first-order valence-corrected chi connectivity index (χ1v) is 9.80. The van der Waals surface area contributed by atoms with E-state index in [1.54, 1.807) is 12.5 Å². The number of hydrogen-bond acceptors (Lipinski definition) is 4. The van der Waals surface area contributed by atoms with E-state index < -0.39 is 5.97 Å². The van der Waals surface area contributed by atoms with E-state index in [0.29, 0.717) is 23.3 Å². The van der Waals surface area contributed by atoms with Crippen molar-refractivity contribution in [1.82, 2.24) is 24.1 Å². The summed E-state index contributed by atoms with van der Waals surface area (Å²) in [6.45, 7) is 0.529. The molecule has 146 valence electrons. The molecule has 1 fully saturated rings. The van der Waals surface area contributed by atoms with Crippen LogP contribution in [-0.4, -0.2) is 35.2 Å². The Morgan fingerprint density at radius 2 is 2.03 bits per heavy atom. The van der Waals surface area contributed by atoms with Crippen LogP contribution in [0, 0.1) is 0 Å². The number of aliphatic carboxylic acids is 1. The number of hydrogen-bond donors (Lipinski definition) is 1. The third-order valence-electron chi connectivity index (χ3n) is 5.01. The molecule has 1 N–H and O–H groups in total. The van der Waals surface area contributed by atoms with E-state index >= 15 is 0 Å². The molecule has 0 radical (unpaired) electrons. The molecule has 1 aliphatic rings. The van der Waals surface area contributed by atoms with Crippen LogP contribution in [0.4, 0.5) is 0 Å². The van der Waals surface area contributed by atoms with Gasteiger partial charge in [0.2, 0.25) is 0 Å². The number of halogens is 1. The first kappa shape index (κ1) is 17.9. The van der Waals surface area contributed by atoms with Crippen molar-refractivity contribution in [2.45, 2.75) is 31.8 Å². The van der Waals surface area contributed by atoms with E-state index in [9.17, 15) is 4.79 Å². The van der Waals surface area contributed by atoms with E-state index in [0.717, 1.165) is 41.0 Å². The fourth-order valence-electron chi connectivity index (χ4n) is 3.55. The zero-order valence-electron chi connectivity index (χ0n) is 15.5. The van der Waals surface area contributed by atoms with Gasteiger partial charge in [-0.25, -0.2) is 9.97 Å². The van der Waals surface area contributed by atoms with Gasteiger partial charge in [-0.2, -0.15) is 0 Å². The lowest BCUT2D eigenvalue weighted by molar-refractivity contribution is -0.136. The average Bonchev–Trinajstić information content (AvgIpc) is 3.33. The predicted octanol–water partition coefficient (Wildman–Crippen LogP) is 3.96. The zero-order chi connectivity index (χ0) is 20.0. The maximum absolute atomic E-state index is 10.8. The zero-order valence-corrected chi connectivity index (χ0v) is 16.3. The molecule has 0 unspecified atom stereocenters. The molecule has 0 atom stereocenters. The molecule has 3 heterocycles. The van der Waals surface area contributed by atoms with E-state index in [-0.39, 0.29) is 6.42 Å². The predicted molar refractivity (Wildman–Crippen MR) is 109 cm³/mol. The van der Waals surface area contributed by atoms with Gasteiger partial charge in [0.25, 0.3) is 0 Å². The topological polar surface area (TPSA) is 85.8 Å². The first-order valence-electron chi connectivity index (χ1n) is 9.42. The molecule has 0 bridgehead atoms. The van der Waals surface area contributed by atoms with E-state index in [1.165, 1.54) is 0 Å². The molecular formula is C21H18ClN5O2. The van der Waals surface area contributed by atoms with Crippen molar-refractivity contribution in [3.8, 4) is 11.4 Å². The van der Waals surface area contributed by atoms with Crippen molar-refractivity contribution in [3.63, 3.8) is 0 Å². The Labute approximate surface area is 171 Å². The van der Waals surface area contributed by atoms with Gasteiger partial charge in [0.1, 0.15) is 5.82 Å². The minimum absolute atomic E-state index is 0.0826. The second-order valence-electron chi connectivity index (χ2n) is 7.32. The summed E-state index contributed by atoms with van der Waals surface area (Å²) in [6.07, 6.45) is 7.42. The second kappa shape index (κ2) is 7.00. The normalized spacial score (nSPS) is 13.8. The van der Waals surface area contributed by atoms with Crippen molar-refractivity contribution in [3.05, 3.63) is 65.5 Å². The Kier molecular flexibility index (Phi) is 4.32. The number of benzene rings is 1. The van der Waals surface area contributed by atoms with Gasteiger partial charge in [0, 0.05) is 29.0 Å². The molecule has 0 amide bonds. The summed E-state index contributed by atoms with van der Waals surface area (Å²) in [7, 11) is 0.